The number of ether oxygens (including phenoxy) is 3. The molecule has 0 spiro atoms. The maximum absolute atomic E-state index is 11.2. The molecule has 0 atom stereocenters. The van der Waals surface area contributed by atoms with Crippen molar-refractivity contribution in [1.29, 1.82) is 0 Å². The Balaban J connectivity index is 1.64. The Morgan fingerprint density at radius 3 is 2.89 bits per heavy atom. The minimum Gasteiger partial charge on any atom is -0.481 e. The van der Waals surface area contributed by atoms with E-state index in [2.05, 4.69) is 11.0 Å². The van der Waals surface area contributed by atoms with Crippen LogP contribution in [0.2, 0.25) is 0 Å². The Bertz CT molecular complexity index is 848. The number of rotatable bonds is 7. The normalized spacial score (nSPS) is 15.7. The lowest BCUT2D eigenvalue weighted by molar-refractivity contribution is -0.142. The van der Waals surface area contributed by atoms with Gasteiger partial charge in [-0.2, -0.15) is 0 Å². The van der Waals surface area contributed by atoms with Crippen LogP contribution in [0.15, 0.2) is 30.5 Å². The number of hydrogen-bond acceptors (Lipinski definition) is 6. The van der Waals surface area contributed by atoms with E-state index in [9.17, 15) is 9.90 Å². The van der Waals surface area contributed by atoms with Crippen LogP contribution in [-0.2, 0) is 16.0 Å². The van der Waals surface area contributed by atoms with Crippen molar-refractivity contribution in [3.8, 4) is 22.8 Å². The molecule has 1 saturated heterocycles. The highest BCUT2D eigenvalue weighted by Crippen LogP contribution is 2.39. The second-order valence-electron chi connectivity index (χ2n) is 6.82. The summed E-state index contributed by atoms with van der Waals surface area (Å²) in [5, 5.41) is 9.20. The molecule has 0 bridgehead atoms. The van der Waals surface area contributed by atoms with Gasteiger partial charge in [-0.3, -0.25) is 9.78 Å². The number of aromatic nitrogens is 1. The number of aryl methyl sites for hydroxylation is 1. The van der Waals surface area contributed by atoms with E-state index in [1.807, 2.05) is 24.4 Å². The van der Waals surface area contributed by atoms with Gasteiger partial charge in [0.2, 0.25) is 6.79 Å². The minimum atomic E-state index is -0.750. The zero-order valence-corrected chi connectivity index (χ0v) is 15.2. The highest BCUT2D eigenvalue weighted by Gasteiger charge is 2.34. The van der Waals surface area contributed by atoms with E-state index >= 15 is 0 Å². The molecule has 142 valence electrons. The third-order valence-corrected chi connectivity index (χ3v) is 4.96. The molecule has 2 aromatic rings. The number of benzene rings is 1. The van der Waals surface area contributed by atoms with Gasteiger partial charge in [0, 0.05) is 38.6 Å². The zero-order valence-electron chi connectivity index (χ0n) is 15.2. The molecule has 1 aromatic carbocycles. The number of aliphatic carboxylic acids is 1. The van der Waals surface area contributed by atoms with E-state index in [0.29, 0.717) is 25.4 Å². The van der Waals surface area contributed by atoms with Crippen LogP contribution in [0.5, 0.6) is 11.5 Å². The van der Waals surface area contributed by atoms with Crippen molar-refractivity contribution in [2.75, 3.05) is 38.5 Å². The van der Waals surface area contributed by atoms with Crippen molar-refractivity contribution < 1.29 is 24.1 Å². The fraction of sp³-hybridized carbons (Fsp3) is 0.400. The van der Waals surface area contributed by atoms with Gasteiger partial charge in [0.15, 0.2) is 11.5 Å². The summed E-state index contributed by atoms with van der Waals surface area (Å²) in [6.45, 7) is 1.92. The summed E-state index contributed by atoms with van der Waals surface area (Å²) >= 11 is 0. The maximum Gasteiger partial charge on any atom is 0.310 e. The number of pyridine rings is 1. The van der Waals surface area contributed by atoms with Crippen molar-refractivity contribution in [1.82, 2.24) is 4.98 Å². The minimum absolute atomic E-state index is 0.226. The Morgan fingerprint density at radius 1 is 1.30 bits per heavy atom. The second-order valence-corrected chi connectivity index (χ2v) is 6.82. The van der Waals surface area contributed by atoms with Gasteiger partial charge >= 0.3 is 5.97 Å². The number of carboxylic acids is 1. The Labute approximate surface area is 157 Å². The standard InChI is InChI=1S/C20H22N2O5/c1-25-6-2-3-13-7-16(22-10-15(11-22)20(23)24)19(21-9-13)14-4-5-17-18(8-14)27-12-26-17/h4-5,7-9,15H,2-3,6,10-12H2,1H3,(H,23,24). The summed E-state index contributed by atoms with van der Waals surface area (Å²) in [7, 11) is 1.69. The summed E-state index contributed by atoms with van der Waals surface area (Å²) in [6, 6.07) is 7.87. The molecule has 2 aliphatic heterocycles. The predicted octanol–water partition coefficient (Wildman–Crippen LogP) is 2.58. The Hall–Kier alpha value is -2.80. The monoisotopic (exact) mass is 370 g/mol. The van der Waals surface area contributed by atoms with Crippen LogP contribution in [-0.4, -0.2) is 49.7 Å². The first-order valence-electron chi connectivity index (χ1n) is 9.01. The highest BCUT2D eigenvalue weighted by atomic mass is 16.7. The number of carbonyl (C=O) groups is 1. The summed E-state index contributed by atoms with van der Waals surface area (Å²) in [4.78, 5) is 18.0. The molecule has 0 saturated carbocycles. The first kappa shape index (κ1) is 17.6. The molecule has 0 aliphatic carbocycles. The number of carboxylic acid groups (broad SMARTS) is 1. The van der Waals surface area contributed by atoms with Gasteiger partial charge in [-0.25, -0.2) is 0 Å². The molecule has 1 fully saturated rings. The molecular formula is C20H22N2O5. The number of hydrogen-bond donors (Lipinski definition) is 1. The number of methoxy groups -OCH3 is 1. The Morgan fingerprint density at radius 2 is 2.11 bits per heavy atom. The summed E-state index contributed by atoms with van der Waals surface area (Å²) < 4.78 is 16.0. The molecule has 27 heavy (non-hydrogen) atoms. The molecule has 2 aliphatic rings. The molecule has 0 unspecified atom stereocenters. The average Bonchev–Trinajstić information content (AvgIpc) is 3.08. The van der Waals surface area contributed by atoms with Gasteiger partial charge < -0.3 is 24.2 Å². The van der Waals surface area contributed by atoms with E-state index in [-0.39, 0.29) is 12.7 Å². The lowest BCUT2D eigenvalue weighted by atomic mass is 9.97. The van der Waals surface area contributed by atoms with Crippen LogP contribution >= 0.6 is 0 Å². The molecule has 4 rings (SSSR count). The van der Waals surface area contributed by atoms with Crippen LogP contribution in [0.3, 0.4) is 0 Å². The topological polar surface area (TPSA) is 81.1 Å². The summed E-state index contributed by atoms with van der Waals surface area (Å²) in [5.74, 6) is 0.356. The van der Waals surface area contributed by atoms with Gasteiger partial charge in [0.05, 0.1) is 17.3 Å². The van der Waals surface area contributed by atoms with Gasteiger partial charge in [0.1, 0.15) is 0 Å². The number of fused-ring (bicyclic) bond motifs is 1. The quantitative estimate of drug-likeness (QED) is 0.750. The number of nitrogens with zero attached hydrogens (tertiary/aromatic N) is 2. The van der Waals surface area contributed by atoms with Crippen LogP contribution in [0.1, 0.15) is 12.0 Å². The van der Waals surface area contributed by atoms with E-state index < -0.39 is 5.97 Å². The third-order valence-electron chi connectivity index (χ3n) is 4.96. The largest absolute Gasteiger partial charge is 0.481 e. The fourth-order valence-corrected chi connectivity index (χ4v) is 3.39. The van der Waals surface area contributed by atoms with Crippen molar-refractivity contribution in [2.24, 2.45) is 5.92 Å². The first-order valence-corrected chi connectivity index (χ1v) is 9.01. The lowest BCUT2D eigenvalue weighted by Gasteiger charge is -2.39. The van der Waals surface area contributed by atoms with Crippen molar-refractivity contribution in [3.05, 3.63) is 36.0 Å². The molecule has 1 N–H and O–H groups in total. The van der Waals surface area contributed by atoms with Crippen molar-refractivity contribution >= 4 is 11.7 Å². The molecule has 1 aromatic heterocycles. The maximum atomic E-state index is 11.2. The van der Waals surface area contributed by atoms with E-state index in [1.54, 1.807) is 7.11 Å². The first-order chi connectivity index (χ1) is 13.2. The second kappa shape index (κ2) is 7.44. The SMILES string of the molecule is COCCCc1cnc(-c2ccc3c(c2)OCO3)c(N2CC(C(=O)O)C2)c1. The average molecular weight is 370 g/mol. The van der Waals surface area contributed by atoms with Crippen molar-refractivity contribution in [3.63, 3.8) is 0 Å². The smallest absolute Gasteiger partial charge is 0.310 e. The van der Waals surface area contributed by atoms with Crippen LogP contribution in [0.25, 0.3) is 11.3 Å². The van der Waals surface area contributed by atoms with Gasteiger partial charge in [-0.1, -0.05) is 0 Å². The lowest BCUT2D eigenvalue weighted by Crippen LogP contribution is -2.50. The number of anilines is 1. The summed E-state index contributed by atoms with van der Waals surface area (Å²) in [6.07, 6.45) is 3.66. The van der Waals surface area contributed by atoms with Gasteiger partial charge in [0.25, 0.3) is 0 Å². The van der Waals surface area contributed by atoms with Crippen LogP contribution in [0.4, 0.5) is 5.69 Å². The predicted molar refractivity (Wildman–Crippen MR) is 99.3 cm³/mol. The molecule has 7 heteroatoms. The summed E-state index contributed by atoms with van der Waals surface area (Å²) in [5.41, 5.74) is 3.83. The van der Waals surface area contributed by atoms with Gasteiger partial charge in [-0.15, -0.1) is 0 Å². The van der Waals surface area contributed by atoms with Crippen LogP contribution < -0.4 is 14.4 Å². The molecule has 0 amide bonds. The Kier molecular flexibility index (Phi) is 4.85. The fourth-order valence-electron chi connectivity index (χ4n) is 3.39. The zero-order chi connectivity index (χ0) is 18.8. The van der Waals surface area contributed by atoms with E-state index in [0.717, 1.165) is 41.1 Å². The van der Waals surface area contributed by atoms with E-state index in [1.165, 1.54) is 0 Å². The van der Waals surface area contributed by atoms with E-state index in [4.69, 9.17) is 19.2 Å². The van der Waals surface area contributed by atoms with Crippen molar-refractivity contribution in [2.45, 2.75) is 12.8 Å². The highest BCUT2D eigenvalue weighted by molar-refractivity contribution is 5.81. The molecule has 3 heterocycles. The molecule has 7 nitrogen and oxygen atoms in total. The molecule has 0 radical (unpaired) electrons. The molecular weight excluding hydrogens is 348 g/mol. The van der Waals surface area contributed by atoms with Gasteiger partial charge in [-0.05, 0) is 42.7 Å². The van der Waals surface area contributed by atoms with Crippen LogP contribution in [0, 0.1) is 5.92 Å². The third kappa shape index (κ3) is 3.55.